The molecule has 4 aromatic carbocycles. The van der Waals surface area contributed by atoms with Gasteiger partial charge in [-0.3, -0.25) is 0 Å². The molecule has 0 aromatic heterocycles. The second-order valence-corrected chi connectivity index (χ2v) is 10.6. The van der Waals surface area contributed by atoms with Crippen LogP contribution in [0.1, 0.15) is 6.92 Å². The van der Waals surface area contributed by atoms with Gasteiger partial charge in [0.15, 0.2) is 0 Å². The predicted octanol–water partition coefficient (Wildman–Crippen LogP) is 5.96. The number of rotatable bonds is 7. The monoisotopic (exact) mass is 424 g/mol. The van der Waals surface area contributed by atoms with E-state index in [4.69, 9.17) is 4.74 Å². The molecule has 0 atom stereocenters. The highest BCUT2D eigenvalue weighted by Crippen LogP contribution is 2.57. The zero-order valence-electron chi connectivity index (χ0n) is 17.9. The number of anilines is 1. The topological polar surface area (TPSA) is 21.3 Å². The predicted molar refractivity (Wildman–Crippen MR) is 136 cm³/mol. The Bertz CT molecular complexity index is 1030. The molecule has 154 valence electrons. The van der Waals surface area contributed by atoms with Gasteiger partial charge in [-0.15, -0.1) is 0 Å². The van der Waals surface area contributed by atoms with Crippen LogP contribution in [0.2, 0.25) is 0 Å². The van der Waals surface area contributed by atoms with Crippen molar-refractivity contribution in [2.45, 2.75) is 6.92 Å². The standard InChI is InChI=1S/C28H27NOP/c1-23(29-24-18-20-25(30-2)21-19-24)22-31(26-12-6-3-7-13-26,27-14-8-4-9-15-27)28-16-10-5-11-17-28/h3-22,29H,1-2H3/q+1/b23-22+. The Labute approximate surface area is 185 Å². The molecule has 4 aromatic rings. The number of hydrogen-bond donors (Lipinski definition) is 1. The van der Waals surface area contributed by atoms with E-state index in [1.165, 1.54) is 15.9 Å². The van der Waals surface area contributed by atoms with E-state index in [9.17, 15) is 0 Å². The van der Waals surface area contributed by atoms with Crippen molar-refractivity contribution in [2.24, 2.45) is 0 Å². The number of benzene rings is 4. The molecular formula is C28H27NOP+. The first-order valence-electron chi connectivity index (χ1n) is 10.4. The summed E-state index contributed by atoms with van der Waals surface area (Å²) in [4.78, 5) is 0. The van der Waals surface area contributed by atoms with Crippen molar-refractivity contribution in [3.63, 3.8) is 0 Å². The maximum atomic E-state index is 5.29. The zero-order chi connectivity index (χ0) is 21.5. The van der Waals surface area contributed by atoms with Crippen LogP contribution >= 0.6 is 7.26 Å². The van der Waals surface area contributed by atoms with Crippen LogP contribution in [0, 0.1) is 0 Å². The summed E-state index contributed by atoms with van der Waals surface area (Å²) >= 11 is 0. The maximum absolute atomic E-state index is 5.29. The fourth-order valence-corrected chi connectivity index (χ4v) is 7.80. The molecule has 2 nitrogen and oxygen atoms in total. The van der Waals surface area contributed by atoms with Crippen molar-refractivity contribution in [2.75, 3.05) is 12.4 Å². The van der Waals surface area contributed by atoms with Gasteiger partial charge >= 0.3 is 0 Å². The highest BCUT2D eigenvalue weighted by atomic mass is 31.2. The van der Waals surface area contributed by atoms with E-state index in [1.807, 2.05) is 24.3 Å². The lowest BCUT2D eigenvalue weighted by Crippen LogP contribution is -2.30. The van der Waals surface area contributed by atoms with Crippen molar-refractivity contribution in [3.05, 3.63) is 127 Å². The van der Waals surface area contributed by atoms with Gasteiger partial charge in [0, 0.05) is 11.4 Å². The summed E-state index contributed by atoms with van der Waals surface area (Å²) in [5.74, 6) is 3.30. The second kappa shape index (κ2) is 9.64. The van der Waals surface area contributed by atoms with Crippen LogP contribution in [-0.4, -0.2) is 7.11 Å². The van der Waals surface area contributed by atoms with E-state index in [1.54, 1.807) is 7.11 Å². The molecule has 0 aliphatic heterocycles. The smallest absolute Gasteiger partial charge is 0.138 e. The van der Waals surface area contributed by atoms with Crippen LogP contribution in [0.15, 0.2) is 127 Å². The summed E-state index contributed by atoms with van der Waals surface area (Å²) in [5, 5.41) is 7.60. The van der Waals surface area contributed by atoms with Crippen molar-refractivity contribution < 1.29 is 4.74 Å². The van der Waals surface area contributed by atoms with E-state index in [0.717, 1.165) is 17.1 Å². The highest BCUT2D eigenvalue weighted by Gasteiger charge is 2.43. The van der Waals surface area contributed by atoms with E-state index in [0.29, 0.717) is 0 Å². The summed E-state index contributed by atoms with van der Waals surface area (Å²) in [6.45, 7) is 2.15. The zero-order valence-corrected chi connectivity index (χ0v) is 18.8. The quantitative estimate of drug-likeness (QED) is 0.370. The lowest BCUT2D eigenvalue weighted by Gasteiger charge is -2.25. The molecule has 4 rings (SSSR count). The number of allylic oxidation sites excluding steroid dienone is 1. The van der Waals surface area contributed by atoms with Crippen LogP contribution in [0.4, 0.5) is 5.69 Å². The number of ether oxygens (including phenoxy) is 1. The number of methoxy groups -OCH3 is 1. The van der Waals surface area contributed by atoms with Gasteiger partial charge in [0.1, 0.15) is 28.9 Å². The molecule has 0 fully saturated rings. The van der Waals surface area contributed by atoms with Gasteiger partial charge in [-0.2, -0.15) is 0 Å². The Balaban J connectivity index is 1.87. The molecule has 0 bridgehead atoms. The molecule has 3 heteroatoms. The van der Waals surface area contributed by atoms with E-state index >= 15 is 0 Å². The van der Waals surface area contributed by atoms with Gasteiger partial charge in [-0.1, -0.05) is 54.6 Å². The molecule has 1 N–H and O–H groups in total. The third-order valence-corrected chi connectivity index (χ3v) is 9.42. The Morgan fingerprint density at radius 1 is 0.645 bits per heavy atom. The van der Waals surface area contributed by atoms with E-state index in [2.05, 4.69) is 109 Å². The van der Waals surface area contributed by atoms with Crippen molar-refractivity contribution in [3.8, 4) is 5.75 Å². The second-order valence-electron chi connectivity index (χ2n) is 7.39. The van der Waals surface area contributed by atoms with Gasteiger partial charge < -0.3 is 10.1 Å². The van der Waals surface area contributed by atoms with Crippen molar-refractivity contribution in [1.82, 2.24) is 0 Å². The lowest BCUT2D eigenvalue weighted by atomic mass is 10.3. The molecule has 0 aliphatic rings. The first-order valence-corrected chi connectivity index (χ1v) is 12.2. The van der Waals surface area contributed by atoms with Crippen LogP contribution in [0.5, 0.6) is 5.75 Å². The third kappa shape index (κ3) is 4.55. The summed E-state index contributed by atoms with van der Waals surface area (Å²) in [7, 11) is -0.324. The summed E-state index contributed by atoms with van der Waals surface area (Å²) < 4.78 is 5.29. The Kier molecular flexibility index (Phi) is 6.50. The fraction of sp³-hybridized carbons (Fsp3) is 0.0714. The SMILES string of the molecule is COc1ccc(N/C(C)=C/[P+](c2ccccc2)(c2ccccc2)c2ccccc2)cc1. The summed E-state index contributed by atoms with van der Waals surface area (Å²) in [6, 6.07) is 40.6. The number of nitrogens with one attached hydrogen (secondary N) is 1. The molecule has 0 radical (unpaired) electrons. The molecule has 0 unspecified atom stereocenters. The molecule has 31 heavy (non-hydrogen) atoms. The fourth-order valence-electron chi connectivity index (χ4n) is 3.88. The van der Waals surface area contributed by atoms with Crippen molar-refractivity contribution in [1.29, 1.82) is 0 Å². The summed E-state index contributed by atoms with van der Waals surface area (Å²) in [6.07, 6.45) is 0. The summed E-state index contributed by atoms with van der Waals surface area (Å²) in [5.41, 5.74) is 2.16. The normalized spacial score (nSPS) is 11.7. The van der Waals surface area contributed by atoms with Gasteiger partial charge in [-0.25, -0.2) is 0 Å². The highest BCUT2D eigenvalue weighted by molar-refractivity contribution is 7.98. The Hall–Kier alpha value is -3.35. The van der Waals surface area contributed by atoms with Gasteiger partial charge in [0.25, 0.3) is 0 Å². The first kappa shape index (κ1) is 20.9. The van der Waals surface area contributed by atoms with Crippen molar-refractivity contribution >= 4 is 28.9 Å². The molecule has 0 saturated heterocycles. The van der Waals surface area contributed by atoms with E-state index in [-0.39, 0.29) is 0 Å². The van der Waals surface area contributed by atoms with Crippen LogP contribution in [-0.2, 0) is 0 Å². The Morgan fingerprint density at radius 3 is 1.45 bits per heavy atom. The first-order chi connectivity index (χ1) is 15.2. The Morgan fingerprint density at radius 2 is 1.06 bits per heavy atom. The van der Waals surface area contributed by atoms with Gasteiger partial charge in [0.2, 0.25) is 0 Å². The maximum Gasteiger partial charge on any atom is 0.138 e. The van der Waals surface area contributed by atoms with Crippen LogP contribution in [0.25, 0.3) is 0 Å². The molecular weight excluding hydrogens is 397 g/mol. The lowest BCUT2D eigenvalue weighted by molar-refractivity contribution is 0.415. The molecule has 0 aliphatic carbocycles. The largest absolute Gasteiger partial charge is 0.497 e. The minimum Gasteiger partial charge on any atom is -0.497 e. The number of hydrogen-bond acceptors (Lipinski definition) is 2. The minimum absolute atomic E-state index is 0.854. The van der Waals surface area contributed by atoms with Gasteiger partial charge in [0.05, 0.1) is 12.9 Å². The minimum atomic E-state index is -2.01. The average Bonchev–Trinajstić information content (AvgIpc) is 2.85. The molecule has 0 amide bonds. The van der Waals surface area contributed by atoms with Crippen LogP contribution < -0.4 is 26.0 Å². The van der Waals surface area contributed by atoms with E-state index < -0.39 is 7.26 Å². The van der Waals surface area contributed by atoms with Gasteiger partial charge in [-0.05, 0) is 67.6 Å². The average molecular weight is 425 g/mol. The molecule has 0 saturated carbocycles. The molecule has 0 spiro atoms. The molecule has 0 heterocycles. The third-order valence-electron chi connectivity index (χ3n) is 5.31. The van der Waals surface area contributed by atoms with Crippen LogP contribution in [0.3, 0.4) is 0 Å².